The predicted molar refractivity (Wildman–Crippen MR) is 81.7 cm³/mol. The van der Waals surface area contributed by atoms with Crippen molar-refractivity contribution in [3.05, 3.63) is 30.3 Å². The van der Waals surface area contributed by atoms with Crippen molar-refractivity contribution in [1.82, 2.24) is 15.2 Å². The minimum Gasteiger partial charge on any atom is -0.463 e. The first kappa shape index (κ1) is 14.4. The standard InChI is InChI=1S/C15H17N3O2.ClH/c19-15(12-7-11-3-6-20-14(11)8-16-12)17-13-9-18-4-1-10(13)2-5-18;/h3,6-8,10,13H,1-2,4-5,9H2,(H,17,19);1H/t13-;/m0./s1. The summed E-state index contributed by atoms with van der Waals surface area (Å²) < 4.78 is 5.24. The molecule has 2 aromatic heterocycles. The lowest BCUT2D eigenvalue weighted by Gasteiger charge is -2.44. The molecule has 5 nitrogen and oxygen atoms in total. The molecule has 1 atom stereocenters. The van der Waals surface area contributed by atoms with Crippen molar-refractivity contribution in [2.75, 3.05) is 19.6 Å². The number of amides is 1. The van der Waals surface area contributed by atoms with Crippen molar-refractivity contribution in [2.45, 2.75) is 18.9 Å². The molecule has 3 aliphatic heterocycles. The molecule has 0 aromatic carbocycles. The van der Waals surface area contributed by atoms with Crippen LogP contribution in [0.3, 0.4) is 0 Å². The third-order valence-corrected chi connectivity index (χ3v) is 4.55. The van der Waals surface area contributed by atoms with Crippen LogP contribution in [0.5, 0.6) is 0 Å². The van der Waals surface area contributed by atoms with E-state index in [-0.39, 0.29) is 24.4 Å². The van der Waals surface area contributed by atoms with E-state index >= 15 is 0 Å². The summed E-state index contributed by atoms with van der Waals surface area (Å²) >= 11 is 0. The lowest BCUT2D eigenvalue weighted by atomic mass is 9.84. The van der Waals surface area contributed by atoms with Gasteiger partial charge < -0.3 is 14.6 Å². The fourth-order valence-electron chi connectivity index (χ4n) is 3.36. The van der Waals surface area contributed by atoms with Crippen LogP contribution in [0, 0.1) is 5.92 Å². The molecule has 2 bridgehead atoms. The van der Waals surface area contributed by atoms with Crippen LogP contribution < -0.4 is 5.32 Å². The van der Waals surface area contributed by atoms with Crippen molar-refractivity contribution < 1.29 is 9.21 Å². The molecule has 3 saturated heterocycles. The molecule has 0 spiro atoms. The third kappa shape index (κ3) is 2.63. The van der Waals surface area contributed by atoms with Crippen molar-refractivity contribution in [3.63, 3.8) is 0 Å². The van der Waals surface area contributed by atoms with Crippen LogP contribution >= 0.6 is 12.4 Å². The number of fused-ring (bicyclic) bond motifs is 4. The van der Waals surface area contributed by atoms with Gasteiger partial charge in [0.2, 0.25) is 0 Å². The minimum absolute atomic E-state index is 0. The van der Waals surface area contributed by atoms with Crippen LogP contribution in [0.15, 0.2) is 29.0 Å². The highest BCUT2D eigenvalue weighted by molar-refractivity contribution is 5.95. The quantitative estimate of drug-likeness (QED) is 0.923. The Bertz CT molecular complexity index is 649. The van der Waals surface area contributed by atoms with Gasteiger partial charge in [-0.2, -0.15) is 0 Å². The average Bonchev–Trinajstić information content (AvgIpc) is 2.96. The maximum absolute atomic E-state index is 12.3. The van der Waals surface area contributed by atoms with E-state index in [9.17, 15) is 4.79 Å². The summed E-state index contributed by atoms with van der Waals surface area (Å²) in [6, 6.07) is 3.91. The summed E-state index contributed by atoms with van der Waals surface area (Å²) in [5.74, 6) is 0.549. The minimum atomic E-state index is -0.0770. The predicted octanol–water partition coefficient (Wildman–Crippen LogP) is 2.07. The Kier molecular flexibility index (Phi) is 3.87. The third-order valence-electron chi connectivity index (χ3n) is 4.55. The molecule has 0 saturated carbocycles. The monoisotopic (exact) mass is 307 g/mol. The molecule has 5 rings (SSSR count). The molecule has 1 amide bonds. The highest BCUT2D eigenvalue weighted by Crippen LogP contribution is 2.27. The summed E-state index contributed by atoms with van der Waals surface area (Å²) in [5.41, 5.74) is 1.18. The molecule has 5 heterocycles. The molecular weight excluding hydrogens is 290 g/mol. The number of carbonyl (C=O) groups is 1. The van der Waals surface area contributed by atoms with E-state index in [4.69, 9.17) is 4.42 Å². The van der Waals surface area contributed by atoms with E-state index in [1.54, 1.807) is 18.5 Å². The Balaban J connectivity index is 0.00000132. The Morgan fingerprint density at radius 2 is 2.19 bits per heavy atom. The molecule has 0 unspecified atom stereocenters. The Morgan fingerprint density at radius 3 is 2.90 bits per heavy atom. The second-order valence-corrected chi connectivity index (χ2v) is 5.75. The summed E-state index contributed by atoms with van der Waals surface area (Å²) in [6.07, 6.45) is 5.61. The maximum atomic E-state index is 12.3. The zero-order valence-electron chi connectivity index (χ0n) is 11.6. The van der Waals surface area contributed by atoms with E-state index in [0.29, 0.717) is 17.2 Å². The molecule has 0 aliphatic carbocycles. The number of nitrogens with one attached hydrogen (secondary N) is 1. The van der Waals surface area contributed by atoms with Gasteiger partial charge in [-0.05, 0) is 44.0 Å². The van der Waals surface area contributed by atoms with E-state index in [1.165, 1.54) is 25.9 Å². The number of hydrogen-bond acceptors (Lipinski definition) is 4. The molecular formula is C15H18ClN3O2. The number of aromatic nitrogens is 1. The highest BCUT2D eigenvalue weighted by Gasteiger charge is 2.35. The van der Waals surface area contributed by atoms with E-state index in [0.717, 1.165) is 11.9 Å². The van der Waals surface area contributed by atoms with Crippen molar-refractivity contribution in [1.29, 1.82) is 0 Å². The number of piperidine rings is 3. The zero-order chi connectivity index (χ0) is 13.5. The molecule has 1 N–H and O–H groups in total. The summed E-state index contributed by atoms with van der Waals surface area (Å²) in [5, 5.41) is 4.07. The van der Waals surface area contributed by atoms with Gasteiger partial charge in [0, 0.05) is 18.0 Å². The molecule has 3 fully saturated rings. The molecule has 0 radical (unpaired) electrons. The second kappa shape index (κ2) is 5.66. The van der Waals surface area contributed by atoms with Crippen LogP contribution in [0.25, 0.3) is 11.0 Å². The highest BCUT2D eigenvalue weighted by atomic mass is 35.5. The lowest BCUT2D eigenvalue weighted by molar-refractivity contribution is 0.0618. The smallest absolute Gasteiger partial charge is 0.270 e. The van der Waals surface area contributed by atoms with E-state index in [2.05, 4.69) is 15.2 Å². The van der Waals surface area contributed by atoms with Crippen molar-refractivity contribution >= 4 is 29.3 Å². The van der Waals surface area contributed by atoms with Gasteiger partial charge in [0.1, 0.15) is 5.69 Å². The van der Waals surface area contributed by atoms with Gasteiger partial charge in [0.15, 0.2) is 5.58 Å². The molecule has 3 aliphatic rings. The maximum Gasteiger partial charge on any atom is 0.270 e. The van der Waals surface area contributed by atoms with Gasteiger partial charge in [-0.1, -0.05) is 0 Å². The van der Waals surface area contributed by atoms with Crippen LogP contribution in [-0.4, -0.2) is 41.5 Å². The average molecular weight is 308 g/mol. The van der Waals surface area contributed by atoms with Crippen LogP contribution in [0.2, 0.25) is 0 Å². The number of furan rings is 1. The summed E-state index contributed by atoms with van der Waals surface area (Å²) in [6.45, 7) is 3.33. The van der Waals surface area contributed by atoms with Gasteiger partial charge in [-0.25, -0.2) is 4.98 Å². The van der Waals surface area contributed by atoms with Crippen LogP contribution in [0.1, 0.15) is 23.3 Å². The number of hydrogen-bond donors (Lipinski definition) is 1. The first-order valence-electron chi connectivity index (χ1n) is 7.16. The van der Waals surface area contributed by atoms with E-state index < -0.39 is 0 Å². The fourth-order valence-corrected chi connectivity index (χ4v) is 3.36. The topological polar surface area (TPSA) is 58.4 Å². The Morgan fingerprint density at radius 1 is 1.38 bits per heavy atom. The van der Waals surface area contributed by atoms with Crippen molar-refractivity contribution in [2.24, 2.45) is 5.92 Å². The largest absolute Gasteiger partial charge is 0.463 e. The summed E-state index contributed by atoms with van der Waals surface area (Å²) in [4.78, 5) is 18.9. The Hall–Kier alpha value is -1.59. The molecule has 21 heavy (non-hydrogen) atoms. The number of halogens is 1. The number of nitrogens with zero attached hydrogens (tertiary/aromatic N) is 2. The zero-order valence-corrected chi connectivity index (χ0v) is 12.4. The van der Waals surface area contributed by atoms with E-state index in [1.807, 2.05) is 6.07 Å². The Labute approximate surface area is 129 Å². The lowest BCUT2D eigenvalue weighted by Crippen LogP contribution is -2.57. The normalized spacial score (nSPS) is 27.3. The van der Waals surface area contributed by atoms with Gasteiger partial charge in [-0.15, -0.1) is 12.4 Å². The number of carbonyl (C=O) groups excluding carboxylic acids is 1. The number of rotatable bonds is 2. The fraction of sp³-hybridized carbons (Fsp3) is 0.467. The van der Waals surface area contributed by atoms with Crippen molar-refractivity contribution in [3.8, 4) is 0 Å². The first-order chi connectivity index (χ1) is 9.79. The SMILES string of the molecule is Cl.O=C(N[C@H]1CN2CCC1CC2)c1cc2ccoc2cn1. The van der Waals surface area contributed by atoms with Crippen LogP contribution in [-0.2, 0) is 0 Å². The molecule has 112 valence electrons. The van der Waals surface area contributed by atoms with Gasteiger partial charge in [0.25, 0.3) is 5.91 Å². The number of pyridine rings is 1. The van der Waals surface area contributed by atoms with Gasteiger partial charge in [0.05, 0.1) is 12.5 Å². The van der Waals surface area contributed by atoms with Gasteiger partial charge in [-0.3, -0.25) is 4.79 Å². The van der Waals surface area contributed by atoms with Gasteiger partial charge >= 0.3 is 0 Å². The first-order valence-corrected chi connectivity index (χ1v) is 7.16. The molecule has 6 heteroatoms. The molecule has 2 aromatic rings. The second-order valence-electron chi connectivity index (χ2n) is 5.75. The summed E-state index contributed by atoms with van der Waals surface area (Å²) in [7, 11) is 0. The van der Waals surface area contributed by atoms with Crippen LogP contribution in [0.4, 0.5) is 0 Å².